The van der Waals surface area contributed by atoms with E-state index in [1.165, 1.54) is 17.5 Å². The van der Waals surface area contributed by atoms with E-state index in [-0.39, 0.29) is 11.9 Å². The summed E-state index contributed by atoms with van der Waals surface area (Å²) in [5.74, 6) is 0.778. The third-order valence-electron chi connectivity index (χ3n) is 4.40. The first-order valence-electron chi connectivity index (χ1n) is 8.20. The number of amidine groups is 1. The summed E-state index contributed by atoms with van der Waals surface area (Å²) < 4.78 is 1.84. The van der Waals surface area contributed by atoms with Crippen LogP contribution in [0.15, 0.2) is 48.0 Å². The molecule has 2 aliphatic heterocycles. The number of nitrogens with zero attached hydrogens (tertiary/aromatic N) is 4. The second-order valence-corrected chi connectivity index (χ2v) is 6.04. The summed E-state index contributed by atoms with van der Waals surface area (Å²) in [4.78, 5) is 31.8. The van der Waals surface area contributed by atoms with Crippen LogP contribution < -0.4 is 5.32 Å². The van der Waals surface area contributed by atoms with Gasteiger partial charge in [0.15, 0.2) is 0 Å². The van der Waals surface area contributed by atoms with Gasteiger partial charge in [-0.1, -0.05) is 48.0 Å². The molecule has 0 spiro atoms. The average Bonchev–Trinajstić information content (AvgIpc) is 2.98. The van der Waals surface area contributed by atoms with Crippen molar-refractivity contribution >= 4 is 23.7 Å². The minimum absolute atomic E-state index is 0.274. The summed E-state index contributed by atoms with van der Waals surface area (Å²) >= 11 is 0. The number of nitrogens with one attached hydrogen (secondary N) is 1. The van der Waals surface area contributed by atoms with Gasteiger partial charge >= 0.3 is 12.0 Å². The molecule has 130 valence electrons. The normalized spacial score (nSPS) is 19.9. The Bertz CT molecular complexity index is 769. The number of benzene rings is 1. The molecular formula is C18H22N5O2+. The largest absolute Gasteiger partial charge is 0.390 e. The van der Waals surface area contributed by atoms with E-state index in [1.807, 2.05) is 22.8 Å². The second-order valence-electron chi connectivity index (χ2n) is 6.04. The van der Waals surface area contributed by atoms with E-state index in [9.17, 15) is 9.59 Å². The van der Waals surface area contributed by atoms with E-state index >= 15 is 0 Å². The van der Waals surface area contributed by atoms with Gasteiger partial charge in [0.1, 0.15) is 0 Å². The van der Waals surface area contributed by atoms with Gasteiger partial charge in [-0.2, -0.15) is 0 Å². The summed E-state index contributed by atoms with van der Waals surface area (Å²) in [7, 11) is 3.13. The molecular weight excluding hydrogens is 318 g/mol. The smallest absolute Gasteiger partial charge is 0.274 e. The number of carbonyl (C=O) groups is 2. The Morgan fingerprint density at radius 2 is 1.96 bits per heavy atom. The fourth-order valence-electron chi connectivity index (χ4n) is 3.03. The van der Waals surface area contributed by atoms with Crippen molar-refractivity contribution in [3.05, 3.63) is 48.6 Å². The molecule has 0 aliphatic carbocycles. The Morgan fingerprint density at radius 1 is 1.24 bits per heavy atom. The highest BCUT2D eigenvalue weighted by Crippen LogP contribution is 2.18. The van der Waals surface area contributed by atoms with Crippen LogP contribution in [0, 0.1) is 0 Å². The Kier molecular flexibility index (Phi) is 4.65. The number of carbonyl (C=O) groups excluding carboxylic acids is 2. The van der Waals surface area contributed by atoms with Crippen molar-refractivity contribution in [1.82, 2.24) is 15.1 Å². The molecule has 1 fully saturated rings. The predicted molar refractivity (Wildman–Crippen MR) is 95.6 cm³/mol. The lowest BCUT2D eigenvalue weighted by atomic mass is 10.1. The van der Waals surface area contributed by atoms with Crippen LogP contribution >= 0.6 is 0 Å². The van der Waals surface area contributed by atoms with E-state index in [2.05, 4.69) is 29.0 Å². The molecule has 0 bridgehead atoms. The van der Waals surface area contributed by atoms with E-state index in [1.54, 1.807) is 13.1 Å². The van der Waals surface area contributed by atoms with Crippen LogP contribution in [0.2, 0.25) is 0 Å². The van der Waals surface area contributed by atoms with Crippen LogP contribution in [0.1, 0.15) is 5.56 Å². The zero-order valence-electron chi connectivity index (χ0n) is 14.5. The molecule has 7 nitrogen and oxygen atoms in total. The van der Waals surface area contributed by atoms with E-state index in [4.69, 9.17) is 0 Å². The molecule has 0 saturated carbocycles. The number of urea groups is 1. The van der Waals surface area contributed by atoms with E-state index in [0.717, 1.165) is 11.3 Å². The summed E-state index contributed by atoms with van der Waals surface area (Å²) in [6.07, 6.45) is 2.56. The van der Waals surface area contributed by atoms with Crippen molar-refractivity contribution < 1.29 is 14.2 Å². The molecule has 7 heteroatoms. The SMILES string of the molecule is C=CC[N+]1=C(NCCc2ccccc2)N=C2C1C(=O)N(C)C(=O)N2C. The topological polar surface area (TPSA) is 68.0 Å². The van der Waals surface area contributed by atoms with Crippen LogP contribution in [-0.4, -0.2) is 71.3 Å². The van der Waals surface area contributed by atoms with E-state index in [0.29, 0.717) is 24.9 Å². The Labute approximate surface area is 147 Å². The number of likely N-dealkylation sites (N-methyl/N-ethyl adjacent to an activating group) is 2. The predicted octanol–water partition coefficient (Wildman–Crippen LogP) is 0.678. The number of hydrogen-bond donors (Lipinski definition) is 1. The molecule has 1 unspecified atom stereocenters. The third-order valence-corrected chi connectivity index (χ3v) is 4.40. The first-order valence-corrected chi connectivity index (χ1v) is 8.20. The molecule has 2 aliphatic rings. The molecule has 0 radical (unpaired) electrons. The van der Waals surface area contributed by atoms with Gasteiger partial charge in [-0.05, 0) is 5.56 Å². The van der Waals surface area contributed by atoms with Gasteiger partial charge in [-0.15, -0.1) is 0 Å². The van der Waals surface area contributed by atoms with Crippen LogP contribution in [0.3, 0.4) is 0 Å². The Morgan fingerprint density at radius 3 is 2.64 bits per heavy atom. The summed E-state index contributed by atoms with van der Waals surface area (Å²) in [5.41, 5.74) is 1.22. The van der Waals surface area contributed by atoms with Crippen LogP contribution in [-0.2, 0) is 11.2 Å². The Balaban J connectivity index is 1.81. The standard InChI is InChI=1S/C18H21N5O2/c1-4-12-23-14-15(21(2)18(25)22(3)16(14)24)20-17(23)19-11-10-13-8-6-5-7-9-13/h4-9,14H,1,10-12H2,2-3H3/p+1. The maximum Gasteiger partial charge on any atom is 0.390 e. The third kappa shape index (κ3) is 3.05. The summed E-state index contributed by atoms with van der Waals surface area (Å²) in [6.45, 7) is 4.91. The molecule has 25 heavy (non-hydrogen) atoms. The van der Waals surface area contributed by atoms with Gasteiger partial charge < -0.3 is 0 Å². The zero-order valence-corrected chi connectivity index (χ0v) is 14.5. The molecule has 3 amide bonds. The lowest BCUT2D eigenvalue weighted by Crippen LogP contribution is -2.61. The minimum Gasteiger partial charge on any atom is -0.274 e. The molecule has 1 saturated heterocycles. The molecule has 1 N–H and O–H groups in total. The maximum atomic E-state index is 12.6. The Hall–Kier alpha value is -2.96. The van der Waals surface area contributed by atoms with Gasteiger partial charge in [-0.25, -0.2) is 9.37 Å². The number of rotatable bonds is 5. The van der Waals surface area contributed by atoms with Gasteiger partial charge in [0.2, 0.25) is 11.9 Å². The molecule has 1 aromatic carbocycles. The van der Waals surface area contributed by atoms with E-state index < -0.39 is 6.04 Å². The highest BCUT2D eigenvalue weighted by molar-refractivity contribution is 6.22. The lowest BCUT2D eigenvalue weighted by Gasteiger charge is -2.31. The lowest BCUT2D eigenvalue weighted by molar-refractivity contribution is -0.527. The van der Waals surface area contributed by atoms with Crippen LogP contribution in [0.5, 0.6) is 0 Å². The van der Waals surface area contributed by atoms with Crippen LogP contribution in [0.4, 0.5) is 4.79 Å². The second kappa shape index (κ2) is 6.88. The first kappa shape index (κ1) is 16.9. The highest BCUT2D eigenvalue weighted by Gasteiger charge is 2.50. The van der Waals surface area contributed by atoms with Crippen molar-refractivity contribution in [2.75, 3.05) is 27.2 Å². The first-order chi connectivity index (χ1) is 12.0. The number of imide groups is 1. The zero-order chi connectivity index (χ0) is 18.0. The summed E-state index contributed by atoms with van der Waals surface area (Å²) in [5, 5.41) is 3.29. The van der Waals surface area contributed by atoms with Gasteiger partial charge in [0.25, 0.3) is 5.91 Å². The van der Waals surface area contributed by atoms with Gasteiger partial charge in [0.05, 0.1) is 13.1 Å². The minimum atomic E-state index is -0.593. The number of hydrogen-bond acceptors (Lipinski definition) is 4. The maximum absolute atomic E-state index is 12.6. The van der Waals surface area contributed by atoms with Crippen molar-refractivity contribution in [3.63, 3.8) is 0 Å². The van der Waals surface area contributed by atoms with Gasteiger partial charge in [0, 0.05) is 20.5 Å². The monoisotopic (exact) mass is 340 g/mol. The quantitative estimate of drug-likeness (QED) is 0.633. The number of aliphatic imine (C=N–C) groups is 1. The number of fused-ring (bicyclic) bond motifs is 1. The molecule has 2 heterocycles. The average molecular weight is 340 g/mol. The van der Waals surface area contributed by atoms with Gasteiger partial charge in [-0.3, -0.25) is 19.9 Å². The molecule has 3 rings (SSSR count). The van der Waals surface area contributed by atoms with Crippen LogP contribution in [0.25, 0.3) is 0 Å². The fourth-order valence-corrected chi connectivity index (χ4v) is 3.03. The fraction of sp³-hybridized carbons (Fsp3) is 0.333. The number of guanidine groups is 1. The van der Waals surface area contributed by atoms with Crippen molar-refractivity contribution in [3.8, 4) is 0 Å². The molecule has 1 aromatic rings. The van der Waals surface area contributed by atoms with Crippen molar-refractivity contribution in [2.24, 2.45) is 4.99 Å². The molecule has 1 atom stereocenters. The van der Waals surface area contributed by atoms with Crippen molar-refractivity contribution in [2.45, 2.75) is 12.5 Å². The summed E-state index contributed by atoms with van der Waals surface area (Å²) in [6, 6.07) is 9.17. The van der Waals surface area contributed by atoms with Crippen molar-refractivity contribution in [1.29, 1.82) is 0 Å². The molecule has 0 aromatic heterocycles. The highest BCUT2D eigenvalue weighted by atomic mass is 16.2. The number of amides is 3.